The van der Waals surface area contributed by atoms with Gasteiger partial charge in [-0.25, -0.2) is 0 Å². The second-order valence-corrected chi connectivity index (χ2v) is 6.28. The molecule has 0 atom stereocenters. The van der Waals surface area contributed by atoms with Crippen molar-refractivity contribution < 1.29 is 0 Å². The van der Waals surface area contributed by atoms with Gasteiger partial charge in [-0.05, 0) is 56.3 Å². The molecule has 106 valence electrons. The van der Waals surface area contributed by atoms with E-state index in [4.69, 9.17) is 17.3 Å². The third-order valence-corrected chi connectivity index (χ3v) is 4.78. The standard InChI is InChI=1S/C16H25ClN2/c1-3-12-4-8-15(9-5-12)19(2)11-13-6-7-14(17)10-16(13)18/h6-7,10,12,15H,3-5,8-9,11,18H2,1-2H3. The largest absolute Gasteiger partial charge is 0.398 e. The van der Waals surface area contributed by atoms with Crippen molar-refractivity contribution in [3.05, 3.63) is 28.8 Å². The molecule has 19 heavy (non-hydrogen) atoms. The van der Waals surface area contributed by atoms with Crippen LogP contribution in [0.15, 0.2) is 18.2 Å². The molecule has 1 saturated carbocycles. The lowest BCUT2D eigenvalue weighted by atomic mass is 9.84. The van der Waals surface area contributed by atoms with Gasteiger partial charge in [0.05, 0.1) is 0 Å². The summed E-state index contributed by atoms with van der Waals surface area (Å²) in [7, 11) is 2.21. The Morgan fingerprint density at radius 2 is 1.95 bits per heavy atom. The first kappa shape index (κ1) is 14.7. The van der Waals surface area contributed by atoms with Gasteiger partial charge in [0, 0.05) is 23.3 Å². The normalized spacial score (nSPS) is 23.8. The highest BCUT2D eigenvalue weighted by Crippen LogP contribution is 2.30. The Kier molecular flexibility index (Phi) is 5.12. The number of benzene rings is 1. The van der Waals surface area contributed by atoms with Gasteiger partial charge in [0.1, 0.15) is 0 Å². The molecule has 2 rings (SSSR count). The minimum atomic E-state index is 0.706. The van der Waals surface area contributed by atoms with Crippen molar-refractivity contribution in [3.63, 3.8) is 0 Å². The number of anilines is 1. The van der Waals surface area contributed by atoms with Gasteiger partial charge in [0.25, 0.3) is 0 Å². The van der Waals surface area contributed by atoms with E-state index in [1.165, 1.54) is 37.7 Å². The SMILES string of the molecule is CCC1CCC(N(C)Cc2ccc(Cl)cc2N)CC1. The van der Waals surface area contributed by atoms with Gasteiger partial charge in [-0.3, -0.25) is 4.90 Å². The summed E-state index contributed by atoms with van der Waals surface area (Å²) >= 11 is 5.94. The maximum Gasteiger partial charge on any atom is 0.0426 e. The number of halogens is 1. The summed E-state index contributed by atoms with van der Waals surface area (Å²) in [5.74, 6) is 0.949. The zero-order valence-electron chi connectivity index (χ0n) is 12.0. The van der Waals surface area contributed by atoms with Crippen molar-refractivity contribution in [2.45, 2.75) is 51.6 Å². The summed E-state index contributed by atoms with van der Waals surface area (Å²) in [4.78, 5) is 2.45. The van der Waals surface area contributed by atoms with Crippen LogP contribution < -0.4 is 5.73 Å². The van der Waals surface area contributed by atoms with E-state index in [1.54, 1.807) is 0 Å². The van der Waals surface area contributed by atoms with Crippen LogP contribution >= 0.6 is 11.6 Å². The molecule has 0 bridgehead atoms. The number of hydrogen-bond acceptors (Lipinski definition) is 2. The van der Waals surface area contributed by atoms with Gasteiger partial charge < -0.3 is 5.73 Å². The highest BCUT2D eigenvalue weighted by atomic mass is 35.5. The fourth-order valence-corrected chi connectivity index (χ4v) is 3.28. The van der Waals surface area contributed by atoms with E-state index in [-0.39, 0.29) is 0 Å². The molecule has 0 spiro atoms. The van der Waals surface area contributed by atoms with Crippen LogP contribution in [0.25, 0.3) is 0 Å². The van der Waals surface area contributed by atoms with Crippen LogP contribution in [0.5, 0.6) is 0 Å². The maximum atomic E-state index is 6.03. The van der Waals surface area contributed by atoms with Crippen LogP contribution in [0, 0.1) is 5.92 Å². The monoisotopic (exact) mass is 280 g/mol. The summed E-state index contributed by atoms with van der Waals surface area (Å²) < 4.78 is 0. The van der Waals surface area contributed by atoms with E-state index in [0.29, 0.717) is 11.1 Å². The zero-order valence-corrected chi connectivity index (χ0v) is 12.8. The van der Waals surface area contributed by atoms with E-state index in [2.05, 4.69) is 18.9 Å². The van der Waals surface area contributed by atoms with Crippen LogP contribution in [0.1, 0.15) is 44.6 Å². The molecule has 1 aromatic carbocycles. The molecule has 2 N–H and O–H groups in total. The summed E-state index contributed by atoms with van der Waals surface area (Å²) in [5.41, 5.74) is 8.02. The highest BCUT2D eigenvalue weighted by Gasteiger charge is 2.23. The van der Waals surface area contributed by atoms with Gasteiger partial charge in [0.15, 0.2) is 0 Å². The predicted octanol–water partition coefficient (Wildman–Crippen LogP) is 4.32. The Morgan fingerprint density at radius 1 is 1.26 bits per heavy atom. The Bertz CT molecular complexity index is 411. The summed E-state index contributed by atoms with van der Waals surface area (Å²) in [5, 5.41) is 0.715. The fourth-order valence-electron chi connectivity index (χ4n) is 3.10. The van der Waals surface area contributed by atoms with Crippen LogP contribution in [-0.4, -0.2) is 18.0 Å². The van der Waals surface area contributed by atoms with E-state index in [9.17, 15) is 0 Å². The quantitative estimate of drug-likeness (QED) is 0.832. The smallest absolute Gasteiger partial charge is 0.0426 e. The van der Waals surface area contributed by atoms with Crippen molar-refractivity contribution in [1.29, 1.82) is 0 Å². The van der Waals surface area contributed by atoms with Gasteiger partial charge in [0.2, 0.25) is 0 Å². The topological polar surface area (TPSA) is 29.3 Å². The van der Waals surface area contributed by atoms with Crippen LogP contribution in [-0.2, 0) is 6.54 Å². The third kappa shape index (κ3) is 3.87. The van der Waals surface area contributed by atoms with Crippen molar-refractivity contribution in [2.24, 2.45) is 5.92 Å². The Balaban J connectivity index is 1.92. The molecule has 0 aliphatic heterocycles. The van der Waals surface area contributed by atoms with Crippen molar-refractivity contribution >= 4 is 17.3 Å². The molecule has 1 fully saturated rings. The Hall–Kier alpha value is -0.730. The zero-order chi connectivity index (χ0) is 13.8. The number of nitrogens with two attached hydrogens (primary N) is 1. The fraction of sp³-hybridized carbons (Fsp3) is 0.625. The molecule has 0 aromatic heterocycles. The molecule has 0 unspecified atom stereocenters. The molecule has 1 aromatic rings. The molecule has 3 heteroatoms. The molecule has 0 saturated heterocycles. The first-order valence-corrected chi connectivity index (χ1v) is 7.72. The molecule has 1 aliphatic rings. The van der Waals surface area contributed by atoms with E-state index in [0.717, 1.165) is 18.2 Å². The average Bonchev–Trinajstić information content (AvgIpc) is 2.42. The molecular weight excluding hydrogens is 256 g/mol. The maximum absolute atomic E-state index is 6.03. The molecule has 0 radical (unpaired) electrons. The van der Waals surface area contributed by atoms with E-state index in [1.807, 2.05) is 18.2 Å². The van der Waals surface area contributed by atoms with Crippen molar-refractivity contribution in [3.8, 4) is 0 Å². The molecule has 0 heterocycles. The average molecular weight is 281 g/mol. The second kappa shape index (κ2) is 6.62. The number of nitrogens with zero attached hydrogens (tertiary/aromatic N) is 1. The Labute approximate surface area is 121 Å². The lowest BCUT2D eigenvalue weighted by Crippen LogP contribution is -2.34. The molecule has 1 aliphatic carbocycles. The van der Waals surface area contributed by atoms with Crippen molar-refractivity contribution in [1.82, 2.24) is 4.90 Å². The predicted molar refractivity (Wildman–Crippen MR) is 83.4 cm³/mol. The van der Waals surface area contributed by atoms with Gasteiger partial charge >= 0.3 is 0 Å². The first-order chi connectivity index (χ1) is 9.10. The highest BCUT2D eigenvalue weighted by molar-refractivity contribution is 6.30. The molecule has 2 nitrogen and oxygen atoms in total. The lowest BCUT2D eigenvalue weighted by Gasteiger charge is -2.34. The molecule has 0 amide bonds. The summed E-state index contributed by atoms with van der Waals surface area (Å²) in [6, 6.07) is 6.53. The minimum absolute atomic E-state index is 0.706. The van der Waals surface area contributed by atoms with Crippen LogP contribution in [0.4, 0.5) is 5.69 Å². The number of nitrogen functional groups attached to an aromatic ring is 1. The summed E-state index contributed by atoms with van der Waals surface area (Å²) in [6.07, 6.45) is 6.73. The van der Waals surface area contributed by atoms with Gasteiger partial charge in [-0.15, -0.1) is 0 Å². The third-order valence-electron chi connectivity index (χ3n) is 4.54. The number of rotatable bonds is 4. The minimum Gasteiger partial charge on any atom is -0.398 e. The van der Waals surface area contributed by atoms with Crippen LogP contribution in [0.2, 0.25) is 5.02 Å². The van der Waals surface area contributed by atoms with Gasteiger partial charge in [-0.2, -0.15) is 0 Å². The second-order valence-electron chi connectivity index (χ2n) is 5.84. The van der Waals surface area contributed by atoms with Crippen LogP contribution in [0.3, 0.4) is 0 Å². The summed E-state index contributed by atoms with van der Waals surface area (Å²) in [6.45, 7) is 3.23. The molecular formula is C16H25ClN2. The van der Waals surface area contributed by atoms with Gasteiger partial charge in [-0.1, -0.05) is 31.0 Å². The van der Waals surface area contributed by atoms with E-state index >= 15 is 0 Å². The number of hydrogen-bond donors (Lipinski definition) is 1. The van der Waals surface area contributed by atoms with Crippen molar-refractivity contribution in [2.75, 3.05) is 12.8 Å². The Morgan fingerprint density at radius 3 is 2.53 bits per heavy atom. The van der Waals surface area contributed by atoms with E-state index < -0.39 is 0 Å². The lowest BCUT2D eigenvalue weighted by molar-refractivity contribution is 0.158. The first-order valence-electron chi connectivity index (χ1n) is 7.34.